The number of methoxy groups -OCH3 is 1. The molecule has 7 nitrogen and oxygen atoms in total. The molecule has 0 spiro atoms. The van der Waals surface area contributed by atoms with Gasteiger partial charge < -0.3 is 9.64 Å². The molecule has 3 rings (SSSR count). The van der Waals surface area contributed by atoms with E-state index in [0.29, 0.717) is 13.1 Å². The number of hydrogen-bond acceptors (Lipinski definition) is 5. The van der Waals surface area contributed by atoms with E-state index in [-0.39, 0.29) is 11.9 Å². The van der Waals surface area contributed by atoms with Gasteiger partial charge in [-0.1, -0.05) is 13.0 Å². The second-order valence-electron chi connectivity index (χ2n) is 5.89. The molecular formula is C17H23N5O2. The molecule has 2 heterocycles. The van der Waals surface area contributed by atoms with Crippen LogP contribution in [0.15, 0.2) is 24.3 Å². The van der Waals surface area contributed by atoms with Crippen molar-refractivity contribution in [2.45, 2.75) is 32.9 Å². The molecule has 1 aliphatic rings. The van der Waals surface area contributed by atoms with E-state index in [1.165, 1.54) is 0 Å². The number of nitrogens with zero attached hydrogens (tertiary/aromatic N) is 4. The highest BCUT2D eigenvalue weighted by atomic mass is 16.5. The van der Waals surface area contributed by atoms with Crippen LogP contribution in [0.3, 0.4) is 0 Å². The van der Waals surface area contributed by atoms with E-state index in [2.05, 4.69) is 20.1 Å². The van der Waals surface area contributed by atoms with E-state index < -0.39 is 0 Å². The number of nitrogens with one attached hydrogen (secondary N) is 1. The minimum atomic E-state index is -0.208. The zero-order valence-electron chi connectivity index (χ0n) is 14.3. The number of hydrogen-bond donors (Lipinski definition) is 1. The highest BCUT2D eigenvalue weighted by Crippen LogP contribution is 2.24. The topological polar surface area (TPSA) is 74.3 Å². The lowest BCUT2D eigenvalue weighted by Crippen LogP contribution is -2.55. The van der Waals surface area contributed by atoms with Gasteiger partial charge in [0.15, 0.2) is 0 Å². The second kappa shape index (κ2) is 7.00. The van der Waals surface area contributed by atoms with E-state index in [4.69, 9.17) is 4.74 Å². The van der Waals surface area contributed by atoms with Crippen LogP contribution < -0.4 is 9.64 Å². The van der Waals surface area contributed by atoms with Crippen LogP contribution in [0.25, 0.3) is 0 Å². The van der Waals surface area contributed by atoms with Gasteiger partial charge in [-0.25, -0.2) is 4.98 Å². The van der Waals surface area contributed by atoms with Crippen LogP contribution in [-0.4, -0.2) is 52.2 Å². The maximum atomic E-state index is 12.8. The second-order valence-corrected chi connectivity index (χ2v) is 5.89. The summed E-state index contributed by atoms with van der Waals surface area (Å²) in [4.78, 5) is 21.2. The minimum Gasteiger partial charge on any atom is -0.497 e. The van der Waals surface area contributed by atoms with Crippen LogP contribution in [0.2, 0.25) is 0 Å². The first kappa shape index (κ1) is 16.4. The number of anilines is 1. The van der Waals surface area contributed by atoms with Crippen molar-refractivity contribution in [2.75, 3.05) is 25.1 Å². The van der Waals surface area contributed by atoms with Crippen molar-refractivity contribution in [1.29, 1.82) is 0 Å². The van der Waals surface area contributed by atoms with Crippen LogP contribution in [0.5, 0.6) is 5.75 Å². The average Bonchev–Trinajstić information content (AvgIpc) is 3.07. The van der Waals surface area contributed by atoms with E-state index in [1.54, 1.807) is 7.11 Å². The minimum absolute atomic E-state index is 0.0877. The van der Waals surface area contributed by atoms with Crippen LogP contribution >= 0.6 is 0 Å². The number of amides is 1. The summed E-state index contributed by atoms with van der Waals surface area (Å²) in [5.41, 5.74) is 0.874. The molecule has 128 valence electrons. The number of ether oxygens (including phenoxy) is 1. The van der Waals surface area contributed by atoms with Gasteiger partial charge in [-0.3, -0.25) is 14.8 Å². The molecule has 1 aromatic heterocycles. The van der Waals surface area contributed by atoms with Crippen molar-refractivity contribution < 1.29 is 9.53 Å². The van der Waals surface area contributed by atoms with Gasteiger partial charge >= 0.3 is 0 Å². The first-order valence-corrected chi connectivity index (χ1v) is 8.22. The van der Waals surface area contributed by atoms with Crippen molar-refractivity contribution in [3.63, 3.8) is 0 Å². The monoisotopic (exact) mass is 329 g/mol. The third-order valence-electron chi connectivity index (χ3n) is 4.39. The molecule has 0 saturated carbocycles. The van der Waals surface area contributed by atoms with Crippen LogP contribution in [-0.2, 0) is 17.8 Å². The lowest BCUT2D eigenvalue weighted by atomic mass is 10.1. The predicted octanol–water partition coefficient (Wildman–Crippen LogP) is 1.61. The number of carbonyl (C=O) groups excluding carboxylic acids is 1. The molecule has 1 atom stereocenters. The molecule has 0 radical (unpaired) electrons. The van der Waals surface area contributed by atoms with Gasteiger partial charge in [-0.2, -0.15) is 5.10 Å². The number of rotatable bonds is 5. The van der Waals surface area contributed by atoms with Crippen molar-refractivity contribution in [1.82, 2.24) is 20.1 Å². The third-order valence-corrected chi connectivity index (χ3v) is 4.39. The van der Waals surface area contributed by atoms with Gasteiger partial charge in [0.05, 0.1) is 19.7 Å². The van der Waals surface area contributed by atoms with Gasteiger partial charge in [0.25, 0.3) is 0 Å². The van der Waals surface area contributed by atoms with Crippen molar-refractivity contribution in [2.24, 2.45) is 0 Å². The normalized spacial score (nSPS) is 18.9. The molecule has 1 aliphatic heterocycles. The van der Waals surface area contributed by atoms with E-state index in [9.17, 15) is 4.79 Å². The Labute approximate surface area is 141 Å². The molecular weight excluding hydrogens is 306 g/mol. The summed E-state index contributed by atoms with van der Waals surface area (Å²) in [7, 11) is 1.63. The average molecular weight is 329 g/mol. The standard InChI is InChI=1S/C17H23N5O2/c1-4-15-18-16(20-19-15)11-21-8-9-22(17(23)12(21)2)13-6-5-7-14(10-13)24-3/h5-7,10,12H,4,8-9,11H2,1-3H3,(H,18,19,20)/t12-/m0/s1. The Morgan fingerprint density at radius 3 is 2.92 bits per heavy atom. The van der Waals surface area contributed by atoms with Crippen molar-refractivity contribution in [3.05, 3.63) is 35.9 Å². The van der Waals surface area contributed by atoms with Crippen LogP contribution in [0, 0.1) is 0 Å². The fourth-order valence-corrected chi connectivity index (χ4v) is 2.92. The molecule has 1 saturated heterocycles. The zero-order valence-corrected chi connectivity index (χ0v) is 14.3. The summed E-state index contributed by atoms with van der Waals surface area (Å²) < 4.78 is 5.25. The lowest BCUT2D eigenvalue weighted by Gasteiger charge is -2.38. The van der Waals surface area contributed by atoms with Crippen LogP contribution in [0.1, 0.15) is 25.5 Å². The predicted molar refractivity (Wildman–Crippen MR) is 91.0 cm³/mol. The number of H-pyrrole nitrogens is 1. The molecule has 0 unspecified atom stereocenters. The Morgan fingerprint density at radius 1 is 1.38 bits per heavy atom. The summed E-state index contributed by atoms with van der Waals surface area (Å²) in [5.74, 6) is 2.45. The maximum absolute atomic E-state index is 12.8. The van der Waals surface area contributed by atoms with E-state index in [1.807, 2.05) is 43.0 Å². The molecule has 0 aliphatic carbocycles. The van der Waals surface area contributed by atoms with Gasteiger partial charge in [-0.05, 0) is 19.1 Å². The van der Waals surface area contributed by atoms with Crippen molar-refractivity contribution in [3.8, 4) is 5.75 Å². The molecule has 7 heteroatoms. The summed E-state index contributed by atoms with van der Waals surface area (Å²) in [6.07, 6.45) is 0.800. The Bertz CT molecular complexity index is 715. The van der Waals surface area contributed by atoms with Gasteiger partial charge in [0.2, 0.25) is 5.91 Å². The summed E-state index contributed by atoms with van der Waals surface area (Å²) in [6.45, 7) is 5.99. The Balaban J connectivity index is 1.70. The number of aryl methyl sites for hydroxylation is 1. The number of aromatic amines is 1. The SMILES string of the molecule is CCc1n[nH]c(CN2CCN(c3cccc(OC)c3)C(=O)[C@@H]2C)n1. The molecule has 1 fully saturated rings. The molecule has 1 amide bonds. The number of aromatic nitrogens is 3. The number of carbonyl (C=O) groups is 1. The molecule has 1 N–H and O–H groups in total. The third kappa shape index (κ3) is 3.26. The lowest BCUT2D eigenvalue weighted by molar-refractivity contribution is -0.125. The largest absolute Gasteiger partial charge is 0.497 e. The van der Waals surface area contributed by atoms with Gasteiger partial charge in [0.1, 0.15) is 17.4 Å². The molecule has 2 aromatic rings. The summed E-state index contributed by atoms with van der Waals surface area (Å²) >= 11 is 0. The molecule has 24 heavy (non-hydrogen) atoms. The number of benzene rings is 1. The molecule has 1 aromatic carbocycles. The van der Waals surface area contributed by atoms with Gasteiger partial charge in [0, 0.05) is 31.3 Å². The maximum Gasteiger partial charge on any atom is 0.244 e. The zero-order chi connectivity index (χ0) is 17.1. The van der Waals surface area contributed by atoms with E-state index >= 15 is 0 Å². The van der Waals surface area contributed by atoms with Crippen molar-refractivity contribution >= 4 is 11.6 Å². The Kier molecular flexibility index (Phi) is 4.80. The fraction of sp³-hybridized carbons (Fsp3) is 0.471. The smallest absolute Gasteiger partial charge is 0.244 e. The van der Waals surface area contributed by atoms with E-state index in [0.717, 1.165) is 36.1 Å². The Hall–Kier alpha value is -2.41. The summed E-state index contributed by atoms with van der Waals surface area (Å²) in [6, 6.07) is 7.40. The number of piperazine rings is 1. The highest BCUT2D eigenvalue weighted by molar-refractivity contribution is 5.97. The van der Waals surface area contributed by atoms with Gasteiger partial charge in [-0.15, -0.1) is 0 Å². The quantitative estimate of drug-likeness (QED) is 0.902. The summed E-state index contributed by atoms with van der Waals surface area (Å²) in [5, 5.41) is 7.11. The van der Waals surface area contributed by atoms with Crippen LogP contribution in [0.4, 0.5) is 5.69 Å². The molecule has 0 bridgehead atoms. The highest BCUT2D eigenvalue weighted by Gasteiger charge is 2.32. The Morgan fingerprint density at radius 2 is 2.21 bits per heavy atom. The first-order valence-electron chi connectivity index (χ1n) is 8.22. The first-order chi connectivity index (χ1) is 11.6. The fourth-order valence-electron chi connectivity index (χ4n) is 2.92.